The molecule has 0 N–H and O–H groups in total. The van der Waals surface area contributed by atoms with Crippen molar-refractivity contribution in [3.05, 3.63) is 90.0 Å². The molecule has 0 fully saturated rings. The fourth-order valence-corrected chi connectivity index (χ4v) is 5.44. The zero-order valence-electron chi connectivity index (χ0n) is 16.6. The van der Waals surface area contributed by atoms with Crippen LogP contribution in [0.25, 0.3) is 32.3 Å². The molecule has 0 bridgehead atoms. The number of aryl methyl sites for hydroxylation is 1. The zero-order chi connectivity index (χ0) is 20.9. The number of benzene rings is 5. The zero-order valence-corrected chi connectivity index (χ0v) is 17.4. The number of hydrogen-bond acceptors (Lipinski definition) is 3. The van der Waals surface area contributed by atoms with Crippen LogP contribution in [0, 0.1) is 6.92 Å². The van der Waals surface area contributed by atoms with E-state index in [9.17, 15) is 13.2 Å². The minimum absolute atomic E-state index is 0.0415. The number of hydrogen-bond donors (Lipinski definition) is 0. The Morgan fingerprint density at radius 2 is 1.33 bits per heavy atom. The predicted molar refractivity (Wildman–Crippen MR) is 122 cm³/mol. The molecule has 0 saturated carbocycles. The van der Waals surface area contributed by atoms with E-state index in [2.05, 4.69) is 24.3 Å². The molecule has 148 valence electrons. The molecular weight excluding hydrogens is 392 g/mol. The molecule has 0 amide bonds. The third-order valence-electron chi connectivity index (χ3n) is 5.81. The first-order chi connectivity index (χ1) is 14.4. The van der Waals surface area contributed by atoms with Gasteiger partial charge in [0.25, 0.3) is 0 Å². The van der Waals surface area contributed by atoms with Crippen molar-refractivity contribution in [2.75, 3.05) is 5.75 Å². The van der Waals surface area contributed by atoms with E-state index >= 15 is 0 Å². The highest BCUT2D eigenvalue weighted by Gasteiger charge is 2.19. The number of ketones is 1. The van der Waals surface area contributed by atoms with Crippen molar-refractivity contribution in [2.45, 2.75) is 18.2 Å². The fraction of sp³-hybridized carbons (Fsp3) is 0.115. The van der Waals surface area contributed by atoms with Crippen molar-refractivity contribution in [1.82, 2.24) is 0 Å². The fourth-order valence-electron chi connectivity index (χ4n) is 4.20. The van der Waals surface area contributed by atoms with E-state index in [1.165, 1.54) is 0 Å². The second-order valence-electron chi connectivity index (χ2n) is 7.77. The first-order valence-electron chi connectivity index (χ1n) is 9.93. The normalized spacial score (nSPS) is 12.2. The van der Waals surface area contributed by atoms with E-state index in [1.807, 2.05) is 37.3 Å². The third-order valence-corrected chi connectivity index (χ3v) is 7.54. The maximum atomic E-state index is 13.1. The summed E-state index contributed by atoms with van der Waals surface area (Å²) < 4.78 is 25.3. The van der Waals surface area contributed by atoms with E-state index in [0.717, 1.165) is 37.9 Å². The topological polar surface area (TPSA) is 51.2 Å². The SMILES string of the molecule is Cc1ccc(S(=O)(=O)CCC(=O)c2ccc3ccc4cccc5ccc2c3c45)cc1. The van der Waals surface area contributed by atoms with Crippen LogP contribution in [0.1, 0.15) is 22.3 Å². The Bertz CT molecular complexity index is 1500. The Labute approximate surface area is 175 Å². The quantitative estimate of drug-likeness (QED) is 0.265. The number of carbonyl (C=O) groups excluding carboxylic acids is 1. The highest BCUT2D eigenvalue weighted by Crippen LogP contribution is 2.36. The molecule has 0 aliphatic rings. The lowest BCUT2D eigenvalue weighted by Crippen LogP contribution is -2.12. The van der Waals surface area contributed by atoms with Crippen molar-refractivity contribution < 1.29 is 13.2 Å². The van der Waals surface area contributed by atoms with Gasteiger partial charge >= 0.3 is 0 Å². The monoisotopic (exact) mass is 412 g/mol. The van der Waals surface area contributed by atoms with Crippen LogP contribution in [0.3, 0.4) is 0 Å². The molecule has 0 unspecified atom stereocenters. The van der Waals surface area contributed by atoms with E-state index < -0.39 is 9.84 Å². The molecule has 0 saturated heterocycles. The molecule has 5 aromatic carbocycles. The third kappa shape index (κ3) is 3.04. The lowest BCUT2D eigenvalue weighted by atomic mass is 9.90. The van der Waals surface area contributed by atoms with Crippen molar-refractivity contribution >= 4 is 47.9 Å². The van der Waals surface area contributed by atoms with Gasteiger partial charge in [0.05, 0.1) is 10.6 Å². The standard InChI is InChI=1S/C26H20O3S/c1-17-5-11-21(12-6-17)30(28,29)16-15-24(27)22-13-9-20-8-7-18-3-2-4-19-10-14-23(22)26(20)25(18)19/h2-14H,15-16H2,1H3. The first-order valence-corrected chi connectivity index (χ1v) is 11.6. The van der Waals surface area contributed by atoms with Gasteiger partial charge in [-0.15, -0.1) is 0 Å². The number of Topliss-reactive ketones (excluding diaryl/α,β-unsaturated/α-hetero) is 1. The summed E-state index contributed by atoms with van der Waals surface area (Å²) in [6, 6.07) is 24.9. The van der Waals surface area contributed by atoms with Gasteiger partial charge in [0, 0.05) is 12.0 Å². The van der Waals surface area contributed by atoms with Gasteiger partial charge in [-0.2, -0.15) is 0 Å². The van der Waals surface area contributed by atoms with Crippen LogP contribution in [-0.2, 0) is 9.84 Å². The minimum atomic E-state index is -3.50. The molecule has 5 aromatic rings. The molecule has 5 rings (SSSR count). The van der Waals surface area contributed by atoms with Gasteiger partial charge in [-0.1, -0.05) is 72.3 Å². The summed E-state index contributed by atoms with van der Waals surface area (Å²) in [4.78, 5) is 13.3. The van der Waals surface area contributed by atoms with Gasteiger partial charge in [-0.3, -0.25) is 4.79 Å². The Balaban J connectivity index is 1.53. The van der Waals surface area contributed by atoms with Gasteiger partial charge in [-0.05, 0) is 51.4 Å². The van der Waals surface area contributed by atoms with Crippen LogP contribution in [0.4, 0.5) is 0 Å². The minimum Gasteiger partial charge on any atom is -0.294 e. The van der Waals surface area contributed by atoms with Crippen LogP contribution in [0.2, 0.25) is 0 Å². The van der Waals surface area contributed by atoms with E-state index in [-0.39, 0.29) is 22.9 Å². The van der Waals surface area contributed by atoms with Crippen LogP contribution in [0.15, 0.2) is 83.8 Å². The summed E-state index contributed by atoms with van der Waals surface area (Å²) in [6.45, 7) is 1.91. The van der Waals surface area contributed by atoms with Crippen LogP contribution < -0.4 is 0 Å². The van der Waals surface area contributed by atoms with Crippen LogP contribution >= 0.6 is 0 Å². The predicted octanol–water partition coefficient (Wildman–Crippen LogP) is 5.94. The summed E-state index contributed by atoms with van der Waals surface area (Å²) >= 11 is 0. The van der Waals surface area contributed by atoms with Gasteiger partial charge in [0.2, 0.25) is 0 Å². The average Bonchev–Trinajstić information content (AvgIpc) is 2.76. The van der Waals surface area contributed by atoms with Crippen LogP contribution in [0.5, 0.6) is 0 Å². The largest absolute Gasteiger partial charge is 0.294 e. The number of carbonyl (C=O) groups is 1. The van der Waals surface area contributed by atoms with E-state index in [4.69, 9.17) is 0 Å². The van der Waals surface area contributed by atoms with Gasteiger partial charge in [0.1, 0.15) is 0 Å². The summed E-state index contributed by atoms with van der Waals surface area (Å²) in [5.74, 6) is -0.347. The smallest absolute Gasteiger partial charge is 0.178 e. The Hall–Kier alpha value is -3.24. The molecule has 0 spiro atoms. The summed E-state index contributed by atoms with van der Waals surface area (Å²) in [5.41, 5.74) is 1.58. The maximum absolute atomic E-state index is 13.1. The lowest BCUT2D eigenvalue weighted by Gasteiger charge is -2.13. The van der Waals surface area contributed by atoms with Crippen molar-refractivity contribution in [1.29, 1.82) is 0 Å². The Morgan fingerprint density at radius 1 is 0.733 bits per heavy atom. The highest BCUT2D eigenvalue weighted by molar-refractivity contribution is 7.91. The summed E-state index contributed by atoms with van der Waals surface area (Å²) in [6.07, 6.45) is -0.0415. The maximum Gasteiger partial charge on any atom is 0.178 e. The molecule has 0 aliphatic heterocycles. The average molecular weight is 413 g/mol. The van der Waals surface area contributed by atoms with Crippen molar-refractivity contribution in [3.63, 3.8) is 0 Å². The second-order valence-corrected chi connectivity index (χ2v) is 9.88. The summed E-state index contributed by atoms with van der Waals surface area (Å²) in [5, 5.41) is 6.45. The molecular formula is C26H20O3S. The van der Waals surface area contributed by atoms with Crippen molar-refractivity contribution in [3.8, 4) is 0 Å². The molecule has 4 heteroatoms. The highest BCUT2D eigenvalue weighted by atomic mass is 32.2. The molecule has 0 aliphatic carbocycles. The summed E-state index contributed by atoms with van der Waals surface area (Å²) in [7, 11) is -3.50. The Kier molecular flexibility index (Phi) is 4.33. The van der Waals surface area contributed by atoms with Gasteiger partial charge < -0.3 is 0 Å². The first kappa shape index (κ1) is 18.8. The molecule has 3 nitrogen and oxygen atoms in total. The molecule has 30 heavy (non-hydrogen) atoms. The molecule has 0 heterocycles. The van der Waals surface area contributed by atoms with Gasteiger partial charge in [-0.25, -0.2) is 8.42 Å². The molecule has 0 atom stereocenters. The van der Waals surface area contributed by atoms with E-state index in [0.29, 0.717) is 5.56 Å². The second kappa shape index (κ2) is 6.92. The van der Waals surface area contributed by atoms with E-state index in [1.54, 1.807) is 24.3 Å². The lowest BCUT2D eigenvalue weighted by molar-refractivity contribution is 0.0990. The molecule has 0 aromatic heterocycles. The number of rotatable bonds is 5. The number of sulfone groups is 1. The molecule has 0 radical (unpaired) electrons. The Morgan fingerprint density at radius 3 is 2.03 bits per heavy atom. The van der Waals surface area contributed by atoms with Crippen molar-refractivity contribution in [2.24, 2.45) is 0 Å². The van der Waals surface area contributed by atoms with Gasteiger partial charge in [0.15, 0.2) is 15.6 Å². The van der Waals surface area contributed by atoms with Crippen LogP contribution in [-0.4, -0.2) is 20.0 Å².